The number of hydrogen-bond acceptors (Lipinski definition) is 5. The maximum absolute atomic E-state index is 12.8. The Morgan fingerprint density at radius 1 is 1.36 bits per heavy atom. The molecular formula is C16H16FNO3S. The van der Waals surface area contributed by atoms with Crippen molar-refractivity contribution in [3.05, 3.63) is 57.5 Å². The van der Waals surface area contributed by atoms with E-state index in [1.807, 2.05) is 0 Å². The van der Waals surface area contributed by atoms with Gasteiger partial charge in [-0.15, -0.1) is 11.3 Å². The Labute approximate surface area is 131 Å². The van der Waals surface area contributed by atoms with E-state index in [1.54, 1.807) is 25.3 Å². The molecule has 0 amide bonds. The van der Waals surface area contributed by atoms with Crippen molar-refractivity contribution in [2.24, 2.45) is 0 Å². The molecule has 0 bridgehead atoms. The highest BCUT2D eigenvalue weighted by atomic mass is 32.1. The number of aromatic nitrogens is 1. The molecule has 116 valence electrons. The number of esters is 1. The van der Waals surface area contributed by atoms with E-state index in [0.717, 1.165) is 23.3 Å². The van der Waals surface area contributed by atoms with Crippen molar-refractivity contribution in [1.29, 1.82) is 0 Å². The van der Waals surface area contributed by atoms with E-state index in [1.165, 1.54) is 29.5 Å². The molecule has 1 heterocycles. The monoisotopic (exact) mass is 321 g/mol. The van der Waals surface area contributed by atoms with Gasteiger partial charge < -0.3 is 9.84 Å². The molecule has 0 unspecified atom stereocenters. The third-order valence-corrected chi connectivity index (χ3v) is 3.89. The molecule has 0 spiro atoms. The summed E-state index contributed by atoms with van der Waals surface area (Å²) >= 11 is 1.39. The Morgan fingerprint density at radius 3 is 2.77 bits per heavy atom. The lowest BCUT2D eigenvalue weighted by molar-refractivity contribution is -0.141. The summed E-state index contributed by atoms with van der Waals surface area (Å²) < 4.78 is 17.5. The first-order valence-corrected chi connectivity index (χ1v) is 7.67. The Bertz CT molecular complexity index is 664. The molecule has 0 saturated carbocycles. The van der Waals surface area contributed by atoms with Crippen molar-refractivity contribution in [2.45, 2.75) is 19.8 Å². The molecule has 0 atom stereocenters. The van der Waals surface area contributed by atoms with Gasteiger partial charge in [0.05, 0.1) is 6.61 Å². The van der Waals surface area contributed by atoms with Crippen LogP contribution in [0.25, 0.3) is 6.08 Å². The number of aliphatic hydroxyl groups is 1. The number of thiazole rings is 1. The first-order valence-electron chi connectivity index (χ1n) is 6.85. The number of aryl methyl sites for hydroxylation is 2. The number of ether oxygens (including phenoxy) is 1. The summed E-state index contributed by atoms with van der Waals surface area (Å²) in [5.74, 6) is -1.46. The predicted molar refractivity (Wildman–Crippen MR) is 83.2 cm³/mol. The van der Waals surface area contributed by atoms with Crippen molar-refractivity contribution >= 4 is 23.4 Å². The number of hydrogen-bond donors (Lipinski definition) is 1. The van der Waals surface area contributed by atoms with Gasteiger partial charge in [0.1, 0.15) is 10.8 Å². The smallest absolute Gasteiger partial charge is 0.373 e. The van der Waals surface area contributed by atoms with Gasteiger partial charge in [-0.25, -0.2) is 14.2 Å². The number of aliphatic hydroxyl groups excluding tert-OH is 1. The molecule has 2 aromatic rings. The fourth-order valence-electron chi connectivity index (χ4n) is 1.80. The van der Waals surface area contributed by atoms with Crippen LogP contribution in [-0.4, -0.2) is 22.7 Å². The summed E-state index contributed by atoms with van der Waals surface area (Å²) in [6, 6.07) is 6.38. The highest BCUT2D eigenvalue weighted by Gasteiger charge is 2.10. The molecule has 0 aliphatic rings. The summed E-state index contributed by atoms with van der Waals surface area (Å²) in [4.78, 5) is 16.5. The Balaban J connectivity index is 1.95. The van der Waals surface area contributed by atoms with Crippen LogP contribution in [0.2, 0.25) is 0 Å². The largest absolute Gasteiger partial charge is 0.502 e. The normalized spacial score (nSPS) is 11.5. The van der Waals surface area contributed by atoms with Crippen LogP contribution >= 0.6 is 11.3 Å². The molecule has 0 saturated heterocycles. The molecule has 0 fully saturated rings. The molecule has 0 radical (unpaired) electrons. The highest BCUT2D eigenvalue weighted by molar-refractivity contribution is 7.12. The van der Waals surface area contributed by atoms with Crippen LogP contribution in [-0.2, 0) is 22.4 Å². The Morgan fingerprint density at radius 2 is 2.09 bits per heavy atom. The van der Waals surface area contributed by atoms with Gasteiger partial charge in [-0.3, -0.25) is 0 Å². The molecule has 0 aliphatic carbocycles. The van der Waals surface area contributed by atoms with E-state index < -0.39 is 11.7 Å². The van der Waals surface area contributed by atoms with Crippen LogP contribution in [0.3, 0.4) is 0 Å². The average Bonchev–Trinajstić information content (AvgIpc) is 2.94. The summed E-state index contributed by atoms with van der Waals surface area (Å²) in [6.45, 7) is 1.87. The van der Waals surface area contributed by atoms with Gasteiger partial charge in [0.15, 0.2) is 0 Å². The fraction of sp³-hybridized carbons (Fsp3) is 0.250. The minimum Gasteiger partial charge on any atom is -0.502 e. The standard InChI is InChI=1S/C16H16FNO3S/c1-2-21-16(20)14(19)9-15-18-10-13(22-15)8-5-11-3-6-12(17)7-4-11/h3-4,6-7,9-10,19H,2,5,8H2,1H3. The highest BCUT2D eigenvalue weighted by Crippen LogP contribution is 2.18. The van der Waals surface area contributed by atoms with Crippen molar-refractivity contribution in [3.8, 4) is 0 Å². The van der Waals surface area contributed by atoms with Crippen molar-refractivity contribution in [2.75, 3.05) is 6.61 Å². The van der Waals surface area contributed by atoms with Crippen LogP contribution in [0.15, 0.2) is 36.2 Å². The number of benzene rings is 1. The molecule has 2 rings (SSSR count). The average molecular weight is 321 g/mol. The SMILES string of the molecule is CCOC(=O)C(O)=Cc1ncc(CCc2ccc(F)cc2)s1. The second-order valence-electron chi connectivity index (χ2n) is 4.54. The van der Waals surface area contributed by atoms with Gasteiger partial charge in [-0.05, 0) is 37.5 Å². The van der Waals surface area contributed by atoms with E-state index in [0.29, 0.717) is 5.01 Å². The second-order valence-corrected chi connectivity index (χ2v) is 5.69. The zero-order valence-electron chi connectivity index (χ0n) is 12.1. The minimum absolute atomic E-state index is 0.206. The maximum Gasteiger partial charge on any atom is 0.373 e. The first-order chi connectivity index (χ1) is 10.6. The fourth-order valence-corrected chi connectivity index (χ4v) is 2.66. The van der Waals surface area contributed by atoms with Crippen molar-refractivity contribution in [3.63, 3.8) is 0 Å². The Hall–Kier alpha value is -2.21. The number of nitrogens with zero attached hydrogens (tertiary/aromatic N) is 1. The van der Waals surface area contributed by atoms with Crippen LogP contribution < -0.4 is 0 Å². The molecule has 1 aromatic carbocycles. The van der Waals surface area contributed by atoms with Crippen LogP contribution in [0.4, 0.5) is 4.39 Å². The number of carbonyl (C=O) groups is 1. The van der Waals surface area contributed by atoms with E-state index in [-0.39, 0.29) is 12.4 Å². The third kappa shape index (κ3) is 4.66. The molecule has 6 heteroatoms. The van der Waals surface area contributed by atoms with Gasteiger partial charge in [-0.1, -0.05) is 12.1 Å². The van der Waals surface area contributed by atoms with Crippen molar-refractivity contribution < 1.29 is 19.0 Å². The van der Waals surface area contributed by atoms with Crippen LogP contribution in [0.5, 0.6) is 0 Å². The van der Waals surface area contributed by atoms with Gasteiger partial charge in [0.2, 0.25) is 5.76 Å². The topological polar surface area (TPSA) is 59.4 Å². The summed E-state index contributed by atoms with van der Waals surface area (Å²) in [5.41, 5.74) is 1.04. The van der Waals surface area contributed by atoms with Gasteiger partial charge in [-0.2, -0.15) is 0 Å². The van der Waals surface area contributed by atoms with Gasteiger partial charge in [0.25, 0.3) is 0 Å². The molecular weight excluding hydrogens is 305 g/mol. The molecule has 4 nitrogen and oxygen atoms in total. The molecule has 22 heavy (non-hydrogen) atoms. The summed E-state index contributed by atoms with van der Waals surface area (Å²) in [6.07, 6.45) is 4.54. The van der Waals surface area contributed by atoms with E-state index in [2.05, 4.69) is 9.72 Å². The number of halogens is 1. The lowest BCUT2D eigenvalue weighted by atomic mass is 10.1. The van der Waals surface area contributed by atoms with Gasteiger partial charge >= 0.3 is 5.97 Å². The maximum atomic E-state index is 12.8. The first kappa shape index (κ1) is 16.2. The van der Waals surface area contributed by atoms with E-state index >= 15 is 0 Å². The number of carbonyl (C=O) groups excluding carboxylic acids is 1. The summed E-state index contributed by atoms with van der Waals surface area (Å²) in [7, 11) is 0. The third-order valence-electron chi connectivity index (χ3n) is 2.89. The molecule has 0 aliphatic heterocycles. The summed E-state index contributed by atoms with van der Waals surface area (Å²) in [5, 5.41) is 10.1. The van der Waals surface area contributed by atoms with Crippen LogP contribution in [0, 0.1) is 5.82 Å². The predicted octanol–water partition coefficient (Wildman–Crippen LogP) is 3.53. The van der Waals surface area contributed by atoms with E-state index in [4.69, 9.17) is 0 Å². The van der Waals surface area contributed by atoms with E-state index in [9.17, 15) is 14.3 Å². The molecule has 1 N–H and O–H groups in total. The van der Waals surface area contributed by atoms with Crippen molar-refractivity contribution in [1.82, 2.24) is 4.98 Å². The van der Waals surface area contributed by atoms with Crippen LogP contribution in [0.1, 0.15) is 22.4 Å². The zero-order chi connectivity index (χ0) is 15.9. The lowest BCUT2D eigenvalue weighted by Crippen LogP contribution is -2.06. The number of rotatable bonds is 6. The quantitative estimate of drug-likeness (QED) is 0.502. The Kier molecular flexibility index (Phi) is 5.66. The lowest BCUT2D eigenvalue weighted by Gasteiger charge is -1.99. The minimum atomic E-state index is -0.759. The molecule has 1 aromatic heterocycles. The second kappa shape index (κ2) is 7.70. The van der Waals surface area contributed by atoms with Gasteiger partial charge in [0, 0.05) is 17.2 Å². The zero-order valence-corrected chi connectivity index (χ0v) is 12.9.